The van der Waals surface area contributed by atoms with E-state index in [0.717, 1.165) is 5.69 Å². The van der Waals surface area contributed by atoms with E-state index < -0.39 is 6.10 Å². The van der Waals surface area contributed by atoms with Crippen molar-refractivity contribution in [1.29, 1.82) is 0 Å². The van der Waals surface area contributed by atoms with Crippen molar-refractivity contribution in [2.75, 3.05) is 18.4 Å². The number of hydrogen-bond acceptors (Lipinski definition) is 4. The van der Waals surface area contributed by atoms with Gasteiger partial charge in [-0.1, -0.05) is 18.2 Å². The van der Waals surface area contributed by atoms with Crippen molar-refractivity contribution in [3.05, 3.63) is 54.6 Å². The van der Waals surface area contributed by atoms with Gasteiger partial charge in [0.25, 0.3) is 0 Å². The smallest absolute Gasteiger partial charge is 0.321 e. The largest absolute Gasteiger partial charge is 0.391 e. The van der Waals surface area contributed by atoms with Gasteiger partial charge in [-0.3, -0.25) is 0 Å². The van der Waals surface area contributed by atoms with Crippen LogP contribution in [0.4, 0.5) is 21.9 Å². The lowest BCUT2D eigenvalue weighted by atomic mass is 10.3. The summed E-state index contributed by atoms with van der Waals surface area (Å²) >= 11 is 0. The third kappa shape index (κ3) is 4.14. The van der Waals surface area contributed by atoms with E-state index in [-0.39, 0.29) is 6.03 Å². The molecule has 118 valence electrons. The molecule has 0 spiro atoms. The highest BCUT2D eigenvalue weighted by Crippen LogP contribution is 2.20. The SMILES string of the molecule is O=C(Nc1ccc(N=Nc2ccccc2)cc1)N1CC[C@@H](O)C1. The highest BCUT2D eigenvalue weighted by atomic mass is 16.3. The summed E-state index contributed by atoms with van der Waals surface area (Å²) < 4.78 is 0. The highest BCUT2D eigenvalue weighted by molar-refractivity contribution is 5.89. The van der Waals surface area contributed by atoms with Crippen LogP contribution in [-0.4, -0.2) is 35.2 Å². The third-order valence-corrected chi connectivity index (χ3v) is 3.61. The van der Waals surface area contributed by atoms with Gasteiger partial charge < -0.3 is 15.3 Å². The molecule has 0 aliphatic carbocycles. The summed E-state index contributed by atoms with van der Waals surface area (Å²) in [4.78, 5) is 13.6. The van der Waals surface area contributed by atoms with E-state index in [1.165, 1.54) is 0 Å². The molecule has 1 fully saturated rings. The maximum absolute atomic E-state index is 12.0. The van der Waals surface area contributed by atoms with Crippen LogP contribution in [-0.2, 0) is 0 Å². The van der Waals surface area contributed by atoms with Crippen LogP contribution in [0, 0.1) is 0 Å². The molecule has 1 aliphatic heterocycles. The zero-order valence-corrected chi connectivity index (χ0v) is 12.6. The molecular formula is C17H18N4O2. The Labute approximate surface area is 134 Å². The van der Waals surface area contributed by atoms with Gasteiger partial charge in [-0.15, -0.1) is 0 Å². The van der Waals surface area contributed by atoms with Crippen molar-refractivity contribution in [1.82, 2.24) is 4.90 Å². The Morgan fingerprint density at radius 2 is 1.70 bits per heavy atom. The molecule has 2 aromatic carbocycles. The number of hydrogen-bond donors (Lipinski definition) is 2. The summed E-state index contributed by atoms with van der Waals surface area (Å²) in [7, 11) is 0. The number of carbonyl (C=O) groups is 1. The number of carbonyl (C=O) groups excluding carboxylic acids is 1. The average Bonchev–Trinajstić information content (AvgIpc) is 3.02. The minimum absolute atomic E-state index is 0.194. The number of likely N-dealkylation sites (tertiary alicyclic amines) is 1. The summed E-state index contributed by atoms with van der Waals surface area (Å²) in [6.07, 6.45) is 0.216. The Morgan fingerprint density at radius 1 is 1.04 bits per heavy atom. The summed E-state index contributed by atoms with van der Waals surface area (Å²) in [5.74, 6) is 0. The first-order valence-corrected chi connectivity index (χ1v) is 7.51. The lowest BCUT2D eigenvalue weighted by molar-refractivity contribution is 0.176. The summed E-state index contributed by atoms with van der Waals surface area (Å²) in [6, 6.07) is 16.4. The normalized spacial score (nSPS) is 17.6. The van der Waals surface area contributed by atoms with Crippen LogP contribution < -0.4 is 5.32 Å². The topological polar surface area (TPSA) is 77.3 Å². The van der Waals surface area contributed by atoms with Crippen molar-refractivity contribution >= 4 is 23.1 Å². The molecule has 1 aliphatic rings. The monoisotopic (exact) mass is 310 g/mol. The number of rotatable bonds is 3. The van der Waals surface area contributed by atoms with Gasteiger partial charge in [-0.25, -0.2) is 4.79 Å². The van der Waals surface area contributed by atoms with E-state index in [0.29, 0.717) is 30.9 Å². The molecule has 1 atom stereocenters. The summed E-state index contributed by atoms with van der Waals surface area (Å²) in [5.41, 5.74) is 2.19. The molecule has 2 N–H and O–H groups in total. The first kappa shape index (κ1) is 15.2. The van der Waals surface area contributed by atoms with Gasteiger partial charge in [0.2, 0.25) is 0 Å². The summed E-state index contributed by atoms with van der Waals surface area (Å²) in [6.45, 7) is 0.964. The van der Waals surface area contributed by atoms with Gasteiger partial charge >= 0.3 is 6.03 Å². The Morgan fingerprint density at radius 3 is 2.30 bits per heavy atom. The second kappa shape index (κ2) is 7.02. The fourth-order valence-corrected chi connectivity index (χ4v) is 2.35. The van der Waals surface area contributed by atoms with Gasteiger partial charge in [0.1, 0.15) is 0 Å². The second-order valence-electron chi connectivity index (χ2n) is 5.40. The molecule has 3 rings (SSSR count). The molecule has 0 bridgehead atoms. The number of urea groups is 1. The summed E-state index contributed by atoms with van der Waals surface area (Å²) in [5, 5.41) is 20.6. The quantitative estimate of drug-likeness (QED) is 0.848. The lowest BCUT2D eigenvalue weighted by Gasteiger charge is -2.16. The van der Waals surface area contributed by atoms with E-state index >= 15 is 0 Å². The predicted octanol–water partition coefficient (Wildman–Crippen LogP) is 3.70. The number of β-amino-alcohol motifs (C(OH)–C–C–N with tert-alkyl or cyclic N) is 1. The molecule has 2 amide bonds. The number of anilines is 1. The van der Waals surface area contributed by atoms with Crippen LogP contribution in [0.5, 0.6) is 0 Å². The van der Waals surface area contributed by atoms with E-state index in [2.05, 4.69) is 15.5 Å². The molecule has 1 saturated heterocycles. The van der Waals surface area contributed by atoms with Crippen LogP contribution in [0.25, 0.3) is 0 Å². The molecular weight excluding hydrogens is 292 g/mol. The Kier molecular flexibility index (Phi) is 4.63. The number of aliphatic hydroxyl groups excluding tert-OH is 1. The number of benzene rings is 2. The lowest BCUT2D eigenvalue weighted by Crippen LogP contribution is -2.33. The van der Waals surface area contributed by atoms with Gasteiger partial charge in [0.05, 0.1) is 17.5 Å². The van der Waals surface area contributed by atoms with Crippen LogP contribution in [0.1, 0.15) is 6.42 Å². The minimum atomic E-state index is -0.415. The van der Waals surface area contributed by atoms with Crippen molar-refractivity contribution < 1.29 is 9.90 Å². The average molecular weight is 310 g/mol. The Hall–Kier alpha value is -2.73. The van der Waals surface area contributed by atoms with Crippen molar-refractivity contribution in [3.63, 3.8) is 0 Å². The predicted molar refractivity (Wildman–Crippen MR) is 88.3 cm³/mol. The van der Waals surface area contributed by atoms with Crippen molar-refractivity contribution in [3.8, 4) is 0 Å². The molecule has 0 saturated carbocycles. The van der Waals surface area contributed by atoms with Crippen LogP contribution in [0.3, 0.4) is 0 Å². The molecule has 2 aromatic rings. The Balaban J connectivity index is 1.59. The van der Waals surface area contributed by atoms with Gasteiger partial charge in [-0.05, 0) is 42.8 Å². The maximum Gasteiger partial charge on any atom is 0.321 e. The Bertz CT molecular complexity index is 685. The van der Waals surface area contributed by atoms with Crippen LogP contribution in [0.15, 0.2) is 64.8 Å². The number of azo groups is 1. The van der Waals surface area contributed by atoms with Gasteiger partial charge in [0, 0.05) is 18.8 Å². The van der Waals surface area contributed by atoms with Crippen molar-refractivity contribution in [2.24, 2.45) is 10.2 Å². The standard InChI is InChI=1S/C17H18N4O2/c22-16-10-11-21(12-16)17(23)18-13-6-8-15(9-7-13)20-19-14-4-2-1-3-5-14/h1-9,16,22H,10-12H2,(H,18,23)/t16-/m1/s1. The van der Waals surface area contributed by atoms with Gasteiger partial charge in [0.15, 0.2) is 0 Å². The number of nitrogens with zero attached hydrogens (tertiary/aromatic N) is 3. The van der Waals surface area contributed by atoms with Crippen molar-refractivity contribution in [2.45, 2.75) is 12.5 Å². The van der Waals surface area contributed by atoms with Crippen LogP contribution >= 0.6 is 0 Å². The number of aliphatic hydroxyl groups is 1. The van der Waals surface area contributed by atoms with E-state index in [4.69, 9.17) is 0 Å². The minimum Gasteiger partial charge on any atom is -0.391 e. The molecule has 6 nitrogen and oxygen atoms in total. The fourth-order valence-electron chi connectivity index (χ4n) is 2.35. The molecule has 0 aromatic heterocycles. The van der Waals surface area contributed by atoms with Crippen LogP contribution in [0.2, 0.25) is 0 Å². The zero-order chi connectivity index (χ0) is 16.1. The number of nitrogens with one attached hydrogen (secondary N) is 1. The van der Waals surface area contributed by atoms with Gasteiger partial charge in [-0.2, -0.15) is 10.2 Å². The van der Waals surface area contributed by atoms with E-state index in [1.807, 2.05) is 30.3 Å². The zero-order valence-electron chi connectivity index (χ0n) is 12.6. The first-order valence-electron chi connectivity index (χ1n) is 7.51. The maximum atomic E-state index is 12.0. The molecule has 23 heavy (non-hydrogen) atoms. The second-order valence-corrected chi connectivity index (χ2v) is 5.40. The molecule has 0 unspecified atom stereocenters. The third-order valence-electron chi connectivity index (χ3n) is 3.61. The highest BCUT2D eigenvalue weighted by Gasteiger charge is 2.24. The van der Waals surface area contributed by atoms with E-state index in [1.54, 1.807) is 29.2 Å². The van der Waals surface area contributed by atoms with E-state index in [9.17, 15) is 9.90 Å². The first-order chi connectivity index (χ1) is 11.2. The fraction of sp³-hybridized carbons (Fsp3) is 0.235. The number of amides is 2. The molecule has 6 heteroatoms. The molecule has 1 heterocycles. The molecule has 0 radical (unpaired) electrons.